The van der Waals surface area contributed by atoms with Gasteiger partial charge in [-0.15, -0.1) is 0 Å². The van der Waals surface area contributed by atoms with E-state index in [2.05, 4.69) is 0 Å². The Morgan fingerprint density at radius 2 is 1.86 bits per heavy atom. The molecule has 0 unspecified atom stereocenters. The second kappa shape index (κ2) is 9.29. The van der Waals surface area contributed by atoms with Crippen molar-refractivity contribution in [2.75, 3.05) is 13.2 Å². The van der Waals surface area contributed by atoms with Crippen LogP contribution in [0.2, 0.25) is 0 Å². The van der Waals surface area contributed by atoms with E-state index in [1.165, 1.54) is 4.90 Å². The topological polar surface area (TPSA) is 93.1 Å². The molecule has 1 heterocycles. The van der Waals surface area contributed by atoms with Crippen LogP contribution >= 0.6 is 11.8 Å². The first-order valence-electron chi connectivity index (χ1n) is 8.88. The average molecular weight is 413 g/mol. The van der Waals surface area contributed by atoms with Crippen LogP contribution < -0.4 is 9.47 Å². The number of amides is 2. The molecule has 150 valence electrons. The van der Waals surface area contributed by atoms with E-state index >= 15 is 0 Å². The van der Waals surface area contributed by atoms with Crippen LogP contribution in [0.15, 0.2) is 53.4 Å². The number of carbonyl (C=O) groups is 3. The first kappa shape index (κ1) is 20.5. The fourth-order valence-corrected chi connectivity index (χ4v) is 3.53. The molecule has 29 heavy (non-hydrogen) atoms. The lowest BCUT2D eigenvalue weighted by molar-refractivity contribution is -0.139. The van der Waals surface area contributed by atoms with Crippen molar-refractivity contribution < 1.29 is 29.0 Å². The molecule has 2 aromatic carbocycles. The summed E-state index contributed by atoms with van der Waals surface area (Å²) in [6.45, 7) is 1.88. The van der Waals surface area contributed by atoms with Gasteiger partial charge in [-0.25, -0.2) is 4.79 Å². The minimum absolute atomic E-state index is 0.217. The van der Waals surface area contributed by atoms with Gasteiger partial charge >= 0.3 is 5.97 Å². The maximum atomic E-state index is 12.7. The van der Waals surface area contributed by atoms with Crippen LogP contribution in [0.5, 0.6) is 11.5 Å². The van der Waals surface area contributed by atoms with Gasteiger partial charge < -0.3 is 14.6 Å². The lowest BCUT2D eigenvalue weighted by Gasteiger charge is -2.12. The van der Waals surface area contributed by atoms with Gasteiger partial charge in [0.2, 0.25) is 0 Å². The van der Waals surface area contributed by atoms with Crippen molar-refractivity contribution in [3.8, 4) is 11.5 Å². The van der Waals surface area contributed by atoms with Gasteiger partial charge in [0, 0.05) is 0 Å². The molecule has 7 nitrogen and oxygen atoms in total. The van der Waals surface area contributed by atoms with Gasteiger partial charge in [-0.2, -0.15) is 0 Å². The summed E-state index contributed by atoms with van der Waals surface area (Å²) >= 11 is 0.882. The first-order chi connectivity index (χ1) is 14.0. The van der Waals surface area contributed by atoms with Crippen molar-refractivity contribution in [2.24, 2.45) is 0 Å². The molecular weight excluding hydrogens is 394 g/mol. The zero-order chi connectivity index (χ0) is 20.8. The first-order valence-corrected chi connectivity index (χ1v) is 9.70. The lowest BCUT2D eigenvalue weighted by Crippen LogP contribution is -2.27. The number of thioether (sulfide) groups is 1. The second-order valence-corrected chi connectivity index (χ2v) is 7.07. The summed E-state index contributed by atoms with van der Waals surface area (Å²) in [7, 11) is 0. The van der Waals surface area contributed by atoms with Gasteiger partial charge in [0.1, 0.15) is 0 Å². The molecule has 8 heteroatoms. The molecule has 0 bridgehead atoms. The zero-order valence-corrected chi connectivity index (χ0v) is 16.5. The summed E-state index contributed by atoms with van der Waals surface area (Å²) in [5, 5.41) is 8.45. The highest BCUT2D eigenvalue weighted by atomic mass is 32.2. The van der Waals surface area contributed by atoms with Crippen LogP contribution in [0.1, 0.15) is 18.1 Å². The highest BCUT2D eigenvalue weighted by molar-refractivity contribution is 8.18. The molecule has 0 aromatic heterocycles. The summed E-state index contributed by atoms with van der Waals surface area (Å²) in [5.41, 5.74) is 1.51. The van der Waals surface area contributed by atoms with Gasteiger partial charge in [0.25, 0.3) is 11.1 Å². The number of carbonyl (C=O) groups excluding carboxylic acids is 2. The molecule has 1 aliphatic heterocycles. The van der Waals surface area contributed by atoms with Crippen LogP contribution in [0.4, 0.5) is 4.79 Å². The Bertz CT molecular complexity index is 957. The maximum Gasteiger partial charge on any atom is 0.341 e. The third-order valence-corrected chi connectivity index (χ3v) is 4.88. The van der Waals surface area contributed by atoms with Gasteiger partial charge in [-0.1, -0.05) is 36.4 Å². The molecule has 0 spiro atoms. The molecule has 0 radical (unpaired) electrons. The van der Waals surface area contributed by atoms with E-state index in [9.17, 15) is 14.4 Å². The van der Waals surface area contributed by atoms with Crippen molar-refractivity contribution in [2.45, 2.75) is 13.5 Å². The lowest BCUT2D eigenvalue weighted by atomic mass is 10.1. The number of hydrogen-bond acceptors (Lipinski definition) is 6. The predicted octanol–water partition coefficient (Wildman–Crippen LogP) is 3.79. The zero-order valence-electron chi connectivity index (χ0n) is 15.7. The summed E-state index contributed by atoms with van der Waals surface area (Å²) in [6.07, 6.45) is 1.61. The molecule has 1 saturated heterocycles. The molecule has 0 atom stereocenters. The number of hydrogen-bond donors (Lipinski definition) is 1. The van der Waals surface area contributed by atoms with E-state index in [4.69, 9.17) is 14.6 Å². The Kier molecular flexibility index (Phi) is 6.56. The van der Waals surface area contributed by atoms with Crippen LogP contribution in [-0.2, 0) is 16.1 Å². The van der Waals surface area contributed by atoms with Crippen molar-refractivity contribution in [3.05, 3.63) is 64.6 Å². The third kappa shape index (κ3) is 5.17. The van der Waals surface area contributed by atoms with E-state index in [0.29, 0.717) is 28.6 Å². The average Bonchev–Trinajstić information content (AvgIpc) is 2.96. The Morgan fingerprint density at radius 1 is 1.10 bits per heavy atom. The normalized spacial score (nSPS) is 15.1. The van der Waals surface area contributed by atoms with Gasteiger partial charge in [-0.3, -0.25) is 14.5 Å². The van der Waals surface area contributed by atoms with Crippen molar-refractivity contribution in [3.63, 3.8) is 0 Å². The number of nitrogens with zero attached hydrogens (tertiary/aromatic N) is 1. The maximum absolute atomic E-state index is 12.7. The molecule has 1 N–H and O–H groups in total. The molecule has 2 aromatic rings. The van der Waals surface area contributed by atoms with Crippen LogP contribution in [-0.4, -0.2) is 40.3 Å². The van der Waals surface area contributed by atoms with Crippen LogP contribution in [0.25, 0.3) is 6.08 Å². The van der Waals surface area contributed by atoms with Gasteiger partial charge in [0.15, 0.2) is 18.1 Å². The summed E-state index contributed by atoms with van der Waals surface area (Å²) < 4.78 is 10.7. The number of aliphatic carboxylic acids is 1. The van der Waals surface area contributed by atoms with E-state index < -0.39 is 12.6 Å². The molecule has 0 saturated carbocycles. The number of ether oxygens (including phenoxy) is 2. The van der Waals surface area contributed by atoms with Crippen LogP contribution in [0.3, 0.4) is 0 Å². The molecule has 2 amide bonds. The minimum atomic E-state index is -1.09. The third-order valence-electron chi connectivity index (χ3n) is 3.97. The summed E-state index contributed by atoms with van der Waals surface area (Å²) in [5.74, 6) is -0.786. The number of carboxylic acid groups (broad SMARTS) is 1. The van der Waals surface area contributed by atoms with E-state index in [-0.39, 0.29) is 17.7 Å². The monoisotopic (exact) mass is 413 g/mol. The Labute approximate surface area is 171 Å². The Morgan fingerprint density at radius 3 is 2.55 bits per heavy atom. The molecule has 1 aliphatic rings. The van der Waals surface area contributed by atoms with Crippen molar-refractivity contribution >= 4 is 35.0 Å². The number of rotatable bonds is 8. The fraction of sp³-hybridized carbons (Fsp3) is 0.190. The van der Waals surface area contributed by atoms with Gasteiger partial charge in [-0.05, 0) is 48.0 Å². The summed E-state index contributed by atoms with van der Waals surface area (Å²) in [4.78, 5) is 37.2. The smallest absolute Gasteiger partial charge is 0.341 e. The second-order valence-electron chi connectivity index (χ2n) is 6.08. The minimum Gasteiger partial charge on any atom is -0.490 e. The Hall–Kier alpha value is -3.26. The highest BCUT2D eigenvalue weighted by Gasteiger charge is 2.35. The SMILES string of the molecule is CCOc1cc(/C=C2/SC(=O)N(Cc3ccccc3)C2=O)ccc1OCC(=O)O. The molecule has 0 aliphatic carbocycles. The standard InChI is InChI=1S/C21H19NO6S/c1-2-27-17-10-15(8-9-16(17)28-13-19(23)24)11-18-20(25)22(21(26)29-18)12-14-6-4-3-5-7-14/h3-11H,2,12-13H2,1H3,(H,23,24)/b18-11+. The van der Waals surface area contributed by atoms with Gasteiger partial charge in [0.05, 0.1) is 18.1 Å². The molecule has 3 rings (SSSR count). The van der Waals surface area contributed by atoms with Crippen molar-refractivity contribution in [1.82, 2.24) is 4.90 Å². The van der Waals surface area contributed by atoms with E-state index in [1.807, 2.05) is 30.3 Å². The quantitative estimate of drug-likeness (QED) is 0.658. The van der Waals surface area contributed by atoms with Crippen LogP contribution in [0, 0.1) is 0 Å². The van der Waals surface area contributed by atoms with E-state index in [0.717, 1.165) is 17.3 Å². The number of imide groups is 1. The number of benzene rings is 2. The van der Waals surface area contributed by atoms with E-state index in [1.54, 1.807) is 31.2 Å². The fourth-order valence-electron chi connectivity index (χ4n) is 2.70. The molecular formula is C21H19NO6S. The Balaban J connectivity index is 1.80. The summed E-state index contributed by atoms with van der Waals surface area (Å²) in [6, 6.07) is 14.2. The number of carboxylic acids is 1. The highest BCUT2D eigenvalue weighted by Crippen LogP contribution is 2.35. The predicted molar refractivity (Wildman–Crippen MR) is 109 cm³/mol. The largest absolute Gasteiger partial charge is 0.490 e. The molecule has 1 fully saturated rings. The van der Waals surface area contributed by atoms with Crippen molar-refractivity contribution in [1.29, 1.82) is 0 Å².